The Morgan fingerprint density at radius 3 is 2.46 bits per heavy atom. The molecule has 1 heterocycles. The van der Waals surface area contributed by atoms with Crippen LogP contribution in [0.25, 0.3) is 0 Å². The molecule has 150 valence electrons. The van der Waals surface area contributed by atoms with Crippen LogP contribution in [0.4, 0.5) is 4.39 Å². The van der Waals surface area contributed by atoms with E-state index in [1.54, 1.807) is 12.1 Å². The lowest BCUT2D eigenvalue weighted by Gasteiger charge is -2.34. The van der Waals surface area contributed by atoms with Gasteiger partial charge in [-0.15, -0.1) is 0 Å². The molecule has 5 heteroatoms. The van der Waals surface area contributed by atoms with Crippen molar-refractivity contribution in [3.05, 3.63) is 71.5 Å². The molecule has 1 amide bonds. The number of morpholine rings is 1. The molecule has 0 radical (unpaired) electrons. The Morgan fingerprint density at radius 2 is 1.79 bits per heavy atom. The summed E-state index contributed by atoms with van der Waals surface area (Å²) in [6.45, 7) is 5.86. The average Bonchev–Trinajstić information content (AvgIpc) is 2.73. The lowest BCUT2D eigenvalue weighted by molar-refractivity contribution is -0.121. The maximum absolute atomic E-state index is 13.1. The second-order valence-electron chi connectivity index (χ2n) is 7.45. The summed E-state index contributed by atoms with van der Waals surface area (Å²) >= 11 is 0. The van der Waals surface area contributed by atoms with Crippen LogP contribution in [0.1, 0.15) is 30.4 Å². The van der Waals surface area contributed by atoms with Crippen molar-refractivity contribution in [2.45, 2.75) is 31.7 Å². The smallest absolute Gasteiger partial charge is 0.220 e. The molecule has 2 aromatic rings. The van der Waals surface area contributed by atoms with Crippen LogP contribution in [-0.2, 0) is 16.0 Å². The highest BCUT2D eigenvalue weighted by Crippen LogP contribution is 2.19. The minimum absolute atomic E-state index is 0.0307. The molecule has 0 bridgehead atoms. The normalized spacial score (nSPS) is 17.1. The van der Waals surface area contributed by atoms with Gasteiger partial charge in [-0.1, -0.05) is 49.4 Å². The minimum Gasteiger partial charge on any atom is -0.379 e. The van der Waals surface area contributed by atoms with E-state index in [4.69, 9.17) is 4.74 Å². The lowest BCUT2D eigenvalue weighted by atomic mass is 9.97. The molecule has 1 aliphatic heterocycles. The number of ether oxygens (including phenoxy) is 1. The molecule has 2 unspecified atom stereocenters. The van der Waals surface area contributed by atoms with E-state index in [1.165, 1.54) is 17.7 Å². The van der Waals surface area contributed by atoms with Crippen LogP contribution in [0.2, 0.25) is 0 Å². The third kappa shape index (κ3) is 6.14. The zero-order valence-corrected chi connectivity index (χ0v) is 16.4. The van der Waals surface area contributed by atoms with Crippen LogP contribution in [0.5, 0.6) is 0 Å². The van der Waals surface area contributed by atoms with Crippen LogP contribution < -0.4 is 5.32 Å². The minimum atomic E-state index is -0.255. The Balaban J connectivity index is 1.55. The summed E-state index contributed by atoms with van der Waals surface area (Å²) < 4.78 is 18.6. The average molecular weight is 384 g/mol. The first-order valence-corrected chi connectivity index (χ1v) is 9.99. The summed E-state index contributed by atoms with van der Waals surface area (Å²) in [6.07, 6.45) is 1.29. The third-order valence-electron chi connectivity index (χ3n) is 5.34. The molecule has 0 saturated carbocycles. The van der Waals surface area contributed by atoms with Gasteiger partial charge in [-0.3, -0.25) is 9.69 Å². The van der Waals surface area contributed by atoms with Gasteiger partial charge < -0.3 is 10.1 Å². The molecule has 0 aromatic heterocycles. The molecule has 1 fully saturated rings. The van der Waals surface area contributed by atoms with Crippen LogP contribution in [0, 0.1) is 5.82 Å². The summed E-state index contributed by atoms with van der Waals surface area (Å²) in [7, 11) is 0. The predicted molar refractivity (Wildman–Crippen MR) is 109 cm³/mol. The largest absolute Gasteiger partial charge is 0.379 e. The van der Waals surface area contributed by atoms with E-state index >= 15 is 0 Å². The topological polar surface area (TPSA) is 41.6 Å². The molecule has 2 aromatic carbocycles. The van der Waals surface area contributed by atoms with Crippen LogP contribution in [0.3, 0.4) is 0 Å². The van der Waals surface area contributed by atoms with Gasteiger partial charge in [0.15, 0.2) is 0 Å². The first kappa shape index (κ1) is 20.5. The monoisotopic (exact) mass is 384 g/mol. The third-order valence-corrected chi connectivity index (χ3v) is 5.34. The first-order valence-electron chi connectivity index (χ1n) is 9.99. The predicted octanol–water partition coefficient (Wildman–Crippen LogP) is 3.38. The Morgan fingerprint density at radius 1 is 1.11 bits per heavy atom. The van der Waals surface area contributed by atoms with E-state index in [9.17, 15) is 9.18 Å². The molecule has 0 aliphatic carbocycles. The standard InChI is InChI=1S/C23H29FN2O2/c1-18(20-7-9-21(24)10-8-20)15-23(27)25-17-22(26-11-13-28-14-12-26)16-19-5-3-2-4-6-19/h2-10,18,22H,11-17H2,1H3,(H,25,27). The second-order valence-corrected chi connectivity index (χ2v) is 7.45. The summed E-state index contributed by atoms with van der Waals surface area (Å²) in [5.74, 6) is -0.172. The summed E-state index contributed by atoms with van der Waals surface area (Å²) in [4.78, 5) is 14.9. The molecule has 3 rings (SSSR count). The van der Waals surface area contributed by atoms with E-state index in [1.807, 2.05) is 13.0 Å². The maximum Gasteiger partial charge on any atom is 0.220 e. The quantitative estimate of drug-likeness (QED) is 0.759. The molecule has 0 spiro atoms. The van der Waals surface area contributed by atoms with E-state index in [0.29, 0.717) is 13.0 Å². The van der Waals surface area contributed by atoms with Gasteiger partial charge in [0.1, 0.15) is 5.82 Å². The Bertz CT molecular complexity index is 730. The van der Waals surface area contributed by atoms with Crippen LogP contribution in [-0.4, -0.2) is 49.7 Å². The zero-order chi connectivity index (χ0) is 19.8. The van der Waals surface area contributed by atoms with Gasteiger partial charge in [-0.05, 0) is 35.6 Å². The van der Waals surface area contributed by atoms with Gasteiger partial charge >= 0.3 is 0 Å². The molecule has 2 atom stereocenters. The summed E-state index contributed by atoms with van der Waals surface area (Å²) in [6, 6.07) is 17.0. The van der Waals surface area contributed by atoms with E-state index in [0.717, 1.165) is 38.3 Å². The summed E-state index contributed by atoms with van der Waals surface area (Å²) in [5, 5.41) is 3.12. The number of hydrogen-bond donors (Lipinski definition) is 1. The highest BCUT2D eigenvalue weighted by Gasteiger charge is 2.22. The van der Waals surface area contributed by atoms with Gasteiger partial charge in [0, 0.05) is 32.1 Å². The van der Waals surface area contributed by atoms with Crippen LogP contribution in [0.15, 0.2) is 54.6 Å². The maximum atomic E-state index is 13.1. The van der Waals surface area contributed by atoms with Gasteiger partial charge in [0.25, 0.3) is 0 Å². The van der Waals surface area contributed by atoms with E-state index in [2.05, 4.69) is 34.5 Å². The number of nitrogens with zero attached hydrogens (tertiary/aromatic N) is 1. The number of carbonyl (C=O) groups excluding carboxylic acids is 1. The number of rotatable bonds is 8. The van der Waals surface area contributed by atoms with Crippen molar-refractivity contribution in [2.24, 2.45) is 0 Å². The first-order chi connectivity index (χ1) is 13.6. The highest BCUT2D eigenvalue weighted by atomic mass is 19.1. The SMILES string of the molecule is CC(CC(=O)NCC(Cc1ccccc1)N1CCOCC1)c1ccc(F)cc1. The molecule has 28 heavy (non-hydrogen) atoms. The van der Waals surface area contributed by atoms with Crippen molar-refractivity contribution in [3.63, 3.8) is 0 Å². The molecule has 1 saturated heterocycles. The number of carbonyl (C=O) groups is 1. The Labute approximate surface area is 166 Å². The van der Waals surface area contributed by atoms with Crippen molar-refractivity contribution >= 4 is 5.91 Å². The second kappa shape index (κ2) is 10.3. The summed E-state index contributed by atoms with van der Waals surface area (Å²) in [5.41, 5.74) is 2.25. The number of amides is 1. The number of benzene rings is 2. The van der Waals surface area contributed by atoms with Gasteiger partial charge in [0.2, 0.25) is 5.91 Å². The number of hydrogen-bond acceptors (Lipinski definition) is 3. The van der Waals surface area contributed by atoms with Gasteiger partial charge in [0.05, 0.1) is 13.2 Å². The molecular weight excluding hydrogens is 355 g/mol. The van der Waals surface area contributed by atoms with Gasteiger partial charge in [-0.25, -0.2) is 4.39 Å². The van der Waals surface area contributed by atoms with Crippen molar-refractivity contribution in [3.8, 4) is 0 Å². The zero-order valence-electron chi connectivity index (χ0n) is 16.4. The fraction of sp³-hybridized carbons (Fsp3) is 0.435. The molecule has 1 aliphatic rings. The fourth-order valence-electron chi connectivity index (χ4n) is 3.65. The number of nitrogens with one attached hydrogen (secondary N) is 1. The van der Waals surface area contributed by atoms with Crippen molar-refractivity contribution < 1.29 is 13.9 Å². The highest BCUT2D eigenvalue weighted by molar-refractivity contribution is 5.76. The van der Waals surface area contributed by atoms with E-state index < -0.39 is 0 Å². The number of halogens is 1. The van der Waals surface area contributed by atoms with E-state index in [-0.39, 0.29) is 23.7 Å². The fourth-order valence-corrected chi connectivity index (χ4v) is 3.65. The Kier molecular flexibility index (Phi) is 7.57. The van der Waals surface area contributed by atoms with Crippen molar-refractivity contribution in [1.82, 2.24) is 10.2 Å². The van der Waals surface area contributed by atoms with Crippen molar-refractivity contribution in [1.29, 1.82) is 0 Å². The van der Waals surface area contributed by atoms with Crippen LogP contribution >= 0.6 is 0 Å². The molecular formula is C23H29FN2O2. The lowest BCUT2D eigenvalue weighted by Crippen LogP contribution is -2.49. The Hall–Kier alpha value is -2.24. The van der Waals surface area contributed by atoms with Crippen molar-refractivity contribution in [2.75, 3.05) is 32.8 Å². The van der Waals surface area contributed by atoms with Gasteiger partial charge in [-0.2, -0.15) is 0 Å². The molecule has 4 nitrogen and oxygen atoms in total. The molecule has 1 N–H and O–H groups in total.